The third-order valence-electron chi connectivity index (χ3n) is 5.00. The fraction of sp³-hybridized carbons (Fsp3) is 0.364. The summed E-state index contributed by atoms with van der Waals surface area (Å²) in [6.07, 6.45) is 1.73. The predicted molar refractivity (Wildman–Crippen MR) is 108 cm³/mol. The minimum atomic E-state index is -0.252. The van der Waals surface area contributed by atoms with Gasteiger partial charge in [0.05, 0.1) is 7.11 Å². The van der Waals surface area contributed by atoms with Crippen molar-refractivity contribution >= 4 is 23.5 Å². The molecule has 4 nitrogen and oxygen atoms in total. The van der Waals surface area contributed by atoms with E-state index in [-0.39, 0.29) is 23.4 Å². The Morgan fingerprint density at radius 2 is 1.79 bits per heavy atom. The van der Waals surface area contributed by atoms with Crippen LogP contribution in [0.15, 0.2) is 53.4 Å². The Labute approximate surface area is 169 Å². The number of amides is 1. The van der Waals surface area contributed by atoms with Gasteiger partial charge in [-0.2, -0.15) is 0 Å². The monoisotopic (exact) mass is 401 g/mol. The van der Waals surface area contributed by atoms with E-state index in [0.717, 1.165) is 5.75 Å². The van der Waals surface area contributed by atoms with Crippen LogP contribution in [0.3, 0.4) is 0 Å². The number of carbonyl (C=O) groups excluding carboxylic acids is 2. The third-order valence-corrected chi connectivity index (χ3v) is 6.05. The molecule has 0 N–H and O–H groups in total. The van der Waals surface area contributed by atoms with Crippen LogP contribution in [0.5, 0.6) is 5.75 Å². The normalized spacial score (nSPS) is 14.7. The van der Waals surface area contributed by atoms with Gasteiger partial charge in [0, 0.05) is 41.6 Å². The fourth-order valence-electron chi connectivity index (χ4n) is 3.35. The zero-order valence-electron chi connectivity index (χ0n) is 15.9. The highest BCUT2D eigenvalue weighted by molar-refractivity contribution is 7.99. The summed E-state index contributed by atoms with van der Waals surface area (Å²) in [6, 6.07) is 13.8. The first-order chi connectivity index (χ1) is 13.6. The third kappa shape index (κ3) is 5.13. The summed E-state index contributed by atoms with van der Waals surface area (Å²) in [5, 5.41) is 0. The molecule has 1 heterocycles. The van der Waals surface area contributed by atoms with Crippen molar-refractivity contribution in [1.29, 1.82) is 0 Å². The molecule has 0 saturated carbocycles. The number of ether oxygens (including phenoxy) is 1. The van der Waals surface area contributed by atoms with E-state index in [4.69, 9.17) is 4.74 Å². The van der Waals surface area contributed by atoms with Gasteiger partial charge in [0.2, 0.25) is 5.91 Å². The summed E-state index contributed by atoms with van der Waals surface area (Å²) >= 11 is 1.36. The average molecular weight is 402 g/mol. The van der Waals surface area contributed by atoms with Crippen molar-refractivity contribution in [2.45, 2.75) is 24.2 Å². The Kier molecular flexibility index (Phi) is 7.09. The number of nitrogens with zero attached hydrogens (tertiary/aromatic N) is 1. The number of thioether (sulfide) groups is 1. The Morgan fingerprint density at radius 1 is 1.11 bits per heavy atom. The number of piperidine rings is 1. The van der Waals surface area contributed by atoms with Crippen LogP contribution in [0.2, 0.25) is 0 Å². The average Bonchev–Trinajstić information content (AvgIpc) is 2.74. The molecular formula is C22H24FNO3S. The van der Waals surface area contributed by atoms with Crippen LogP contribution in [-0.4, -0.2) is 42.5 Å². The highest BCUT2D eigenvalue weighted by atomic mass is 32.2. The summed E-state index contributed by atoms with van der Waals surface area (Å²) in [7, 11) is 1.60. The van der Waals surface area contributed by atoms with Crippen molar-refractivity contribution in [1.82, 2.24) is 4.90 Å². The zero-order valence-corrected chi connectivity index (χ0v) is 16.7. The first kappa shape index (κ1) is 20.4. The lowest BCUT2D eigenvalue weighted by atomic mass is 9.89. The number of hydrogen-bond donors (Lipinski definition) is 0. The first-order valence-electron chi connectivity index (χ1n) is 9.42. The van der Waals surface area contributed by atoms with Gasteiger partial charge in [0.15, 0.2) is 5.78 Å². The molecule has 0 atom stereocenters. The molecule has 6 heteroatoms. The van der Waals surface area contributed by atoms with Gasteiger partial charge in [0.1, 0.15) is 11.6 Å². The van der Waals surface area contributed by atoms with Crippen molar-refractivity contribution in [3.8, 4) is 5.75 Å². The number of carbonyl (C=O) groups is 2. The number of ketones is 1. The Balaban J connectivity index is 1.44. The van der Waals surface area contributed by atoms with Crippen molar-refractivity contribution in [2.24, 2.45) is 5.92 Å². The number of likely N-dealkylation sites (tertiary alicyclic amines) is 1. The minimum Gasteiger partial charge on any atom is -0.497 e. The molecule has 3 rings (SSSR count). The molecule has 2 aromatic rings. The van der Waals surface area contributed by atoms with Gasteiger partial charge in [-0.05, 0) is 49.2 Å². The van der Waals surface area contributed by atoms with E-state index in [9.17, 15) is 14.0 Å². The molecule has 1 aliphatic heterocycles. The van der Waals surface area contributed by atoms with Crippen LogP contribution in [-0.2, 0) is 4.79 Å². The number of hydrogen-bond acceptors (Lipinski definition) is 4. The lowest BCUT2D eigenvalue weighted by Gasteiger charge is -2.31. The second kappa shape index (κ2) is 9.73. The van der Waals surface area contributed by atoms with Crippen molar-refractivity contribution in [3.05, 3.63) is 59.9 Å². The topological polar surface area (TPSA) is 46.6 Å². The molecule has 1 amide bonds. The van der Waals surface area contributed by atoms with E-state index in [1.807, 2.05) is 4.90 Å². The Bertz CT molecular complexity index is 817. The van der Waals surface area contributed by atoms with Crippen LogP contribution in [0.1, 0.15) is 29.6 Å². The van der Waals surface area contributed by atoms with Gasteiger partial charge >= 0.3 is 0 Å². The van der Waals surface area contributed by atoms with E-state index >= 15 is 0 Å². The first-order valence-corrected chi connectivity index (χ1v) is 10.4. The molecule has 1 saturated heterocycles. The van der Waals surface area contributed by atoms with Gasteiger partial charge in [-0.1, -0.05) is 12.1 Å². The standard InChI is InChI=1S/C22H24FNO3S/c1-27-18-8-6-16(7-9-18)22(26)17-10-13-24(14-11-17)21(25)12-15-28-20-5-3-2-4-19(20)23/h2-9,17H,10-15H2,1H3. The van der Waals surface area contributed by atoms with Gasteiger partial charge in [-0.25, -0.2) is 4.39 Å². The molecule has 1 fully saturated rings. The number of methoxy groups -OCH3 is 1. The predicted octanol–water partition coefficient (Wildman–Crippen LogP) is 4.44. The molecule has 0 spiro atoms. The highest BCUT2D eigenvalue weighted by Crippen LogP contribution is 2.25. The summed E-state index contributed by atoms with van der Waals surface area (Å²) in [6.45, 7) is 1.19. The lowest BCUT2D eigenvalue weighted by molar-refractivity contribution is -0.131. The van der Waals surface area contributed by atoms with Crippen LogP contribution >= 0.6 is 11.8 Å². The van der Waals surface area contributed by atoms with Crippen LogP contribution in [0.25, 0.3) is 0 Å². The minimum absolute atomic E-state index is 0.0507. The zero-order chi connectivity index (χ0) is 19.9. The second-order valence-electron chi connectivity index (χ2n) is 6.78. The fourth-order valence-corrected chi connectivity index (χ4v) is 4.23. The summed E-state index contributed by atoms with van der Waals surface area (Å²) in [4.78, 5) is 27.5. The molecule has 0 unspecified atom stereocenters. The molecule has 28 heavy (non-hydrogen) atoms. The number of halogens is 1. The second-order valence-corrected chi connectivity index (χ2v) is 7.91. The maximum absolute atomic E-state index is 13.6. The molecule has 0 aliphatic carbocycles. The van der Waals surface area contributed by atoms with E-state index in [1.54, 1.807) is 49.6 Å². The summed E-state index contributed by atoms with van der Waals surface area (Å²) in [5.74, 6) is 1.17. The Morgan fingerprint density at radius 3 is 2.43 bits per heavy atom. The summed E-state index contributed by atoms with van der Waals surface area (Å²) < 4.78 is 18.7. The van der Waals surface area contributed by atoms with E-state index < -0.39 is 0 Å². The van der Waals surface area contributed by atoms with Gasteiger partial charge in [0.25, 0.3) is 0 Å². The molecule has 1 aliphatic rings. The lowest BCUT2D eigenvalue weighted by Crippen LogP contribution is -2.40. The largest absolute Gasteiger partial charge is 0.497 e. The van der Waals surface area contributed by atoms with Crippen molar-refractivity contribution in [2.75, 3.05) is 26.0 Å². The quantitative estimate of drug-likeness (QED) is 0.508. The maximum Gasteiger partial charge on any atom is 0.223 e. The van der Waals surface area contributed by atoms with Crippen LogP contribution in [0.4, 0.5) is 4.39 Å². The van der Waals surface area contributed by atoms with Gasteiger partial charge in [-0.3, -0.25) is 9.59 Å². The number of benzene rings is 2. The van der Waals surface area contributed by atoms with Crippen molar-refractivity contribution in [3.63, 3.8) is 0 Å². The van der Waals surface area contributed by atoms with E-state index in [0.29, 0.717) is 48.6 Å². The molecular weight excluding hydrogens is 377 g/mol. The Hall–Kier alpha value is -2.34. The molecule has 0 radical (unpaired) electrons. The van der Waals surface area contributed by atoms with Gasteiger partial charge < -0.3 is 9.64 Å². The van der Waals surface area contributed by atoms with Gasteiger partial charge in [-0.15, -0.1) is 11.8 Å². The molecule has 2 aromatic carbocycles. The summed E-state index contributed by atoms with van der Waals surface area (Å²) in [5.41, 5.74) is 0.687. The SMILES string of the molecule is COc1ccc(C(=O)C2CCN(C(=O)CCSc3ccccc3F)CC2)cc1. The number of rotatable bonds is 7. The molecule has 0 aromatic heterocycles. The van der Waals surface area contributed by atoms with Crippen LogP contribution < -0.4 is 4.74 Å². The number of Topliss-reactive ketones (excluding diaryl/α,β-unsaturated/α-hetero) is 1. The van der Waals surface area contributed by atoms with E-state index in [2.05, 4.69) is 0 Å². The van der Waals surface area contributed by atoms with Crippen LogP contribution in [0, 0.1) is 11.7 Å². The molecule has 148 valence electrons. The molecule has 0 bridgehead atoms. The highest BCUT2D eigenvalue weighted by Gasteiger charge is 2.27. The van der Waals surface area contributed by atoms with E-state index in [1.165, 1.54) is 17.8 Å². The smallest absolute Gasteiger partial charge is 0.223 e. The maximum atomic E-state index is 13.6. The van der Waals surface area contributed by atoms with Crippen molar-refractivity contribution < 1.29 is 18.7 Å².